The van der Waals surface area contributed by atoms with Gasteiger partial charge in [0.05, 0.1) is 25.5 Å². The summed E-state index contributed by atoms with van der Waals surface area (Å²) in [6, 6.07) is 3.36. The van der Waals surface area contributed by atoms with E-state index in [1.165, 1.54) is 23.9 Å². The lowest BCUT2D eigenvalue weighted by molar-refractivity contribution is 0.00340. The summed E-state index contributed by atoms with van der Waals surface area (Å²) in [7, 11) is -0.105. The molecule has 1 amide bonds. The minimum Gasteiger partial charge on any atom is -0.481 e. The molecule has 0 saturated carbocycles. The number of likely N-dealkylation sites (tertiary alicyclic amines) is 1. The fourth-order valence-corrected chi connectivity index (χ4v) is 4.95. The van der Waals surface area contributed by atoms with Crippen molar-refractivity contribution in [2.24, 2.45) is 11.3 Å². The van der Waals surface area contributed by atoms with Gasteiger partial charge in [0.15, 0.2) is 0 Å². The van der Waals surface area contributed by atoms with E-state index in [2.05, 4.69) is 4.98 Å². The number of ether oxygens (including phenoxy) is 2. The number of carbonyl (C=O) groups is 1. The van der Waals surface area contributed by atoms with E-state index in [0.29, 0.717) is 50.7 Å². The Balaban J connectivity index is 1.77. The summed E-state index contributed by atoms with van der Waals surface area (Å²) in [6.45, 7) is 2.46. The van der Waals surface area contributed by atoms with Crippen LogP contribution in [0.5, 0.6) is 5.88 Å². The zero-order valence-corrected chi connectivity index (χ0v) is 16.2. The van der Waals surface area contributed by atoms with Gasteiger partial charge in [-0.25, -0.2) is 17.7 Å². The zero-order chi connectivity index (χ0) is 18.9. The third-order valence-corrected chi connectivity index (χ3v) is 6.70. The van der Waals surface area contributed by atoms with Crippen molar-refractivity contribution in [3.05, 3.63) is 23.9 Å². The predicted molar refractivity (Wildman–Crippen MR) is 95.5 cm³/mol. The lowest BCUT2D eigenvalue weighted by Crippen LogP contribution is -2.50. The molecule has 8 nitrogen and oxygen atoms in total. The number of hydrogen-bond acceptors (Lipinski definition) is 6. The molecule has 0 unspecified atom stereocenters. The standard InChI is InChI=1S/C17H25N3O5S/c1-24-12-17-6-7-19(9-14(17)10-20(11-17)26(3,22)23)16(21)13-4-5-15(25-2)18-8-13/h4-5,8,14H,6-7,9-12H2,1-3H3/t14-,17+/m1/s1. The smallest absolute Gasteiger partial charge is 0.255 e. The van der Waals surface area contributed by atoms with Crippen LogP contribution in [0.1, 0.15) is 16.8 Å². The zero-order valence-electron chi connectivity index (χ0n) is 15.3. The monoisotopic (exact) mass is 383 g/mol. The summed E-state index contributed by atoms with van der Waals surface area (Å²) < 4.78 is 36.0. The van der Waals surface area contributed by atoms with E-state index in [0.717, 1.165) is 0 Å². The topological polar surface area (TPSA) is 89.0 Å². The van der Waals surface area contributed by atoms with Crippen LogP contribution in [-0.2, 0) is 14.8 Å². The third-order valence-electron chi connectivity index (χ3n) is 5.48. The second-order valence-electron chi connectivity index (χ2n) is 7.14. The first-order chi connectivity index (χ1) is 12.3. The molecule has 3 rings (SSSR count). The number of carbonyl (C=O) groups excluding carboxylic acids is 1. The quantitative estimate of drug-likeness (QED) is 0.734. The van der Waals surface area contributed by atoms with Gasteiger partial charge in [-0.15, -0.1) is 0 Å². The Bertz CT molecular complexity index is 767. The number of fused-ring (bicyclic) bond motifs is 1. The summed E-state index contributed by atoms with van der Waals surface area (Å²) in [6.07, 6.45) is 3.46. The van der Waals surface area contributed by atoms with Gasteiger partial charge in [0, 0.05) is 51.0 Å². The SMILES string of the molecule is COC[C@@]12CCN(C(=O)c3ccc(OC)nc3)C[C@@H]1CN(S(C)(=O)=O)C2. The first kappa shape index (κ1) is 19.1. The van der Waals surface area contributed by atoms with Crippen molar-refractivity contribution in [3.63, 3.8) is 0 Å². The van der Waals surface area contributed by atoms with Crippen LogP contribution in [-0.4, -0.2) is 81.8 Å². The number of sulfonamides is 1. The van der Waals surface area contributed by atoms with Gasteiger partial charge in [0.2, 0.25) is 15.9 Å². The second kappa shape index (κ2) is 7.13. The number of hydrogen-bond donors (Lipinski definition) is 0. The van der Waals surface area contributed by atoms with Gasteiger partial charge in [-0.05, 0) is 18.4 Å². The van der Waals surface area contributed by atoms with E-state index in [1.54, 1.807) is 24.1 Å². The van der Waals surface area contributed by atoms with Crippen molar-refractivity contribution in [3.8, 4) is 5.88 Å². The van der Waals surface area contributed by atoms with Crippen molar-refractivity contribution < 1.29 is 22.7 Å². The van der Waals surface area contributed by atoms with Crippen LogP contribution in [0, 0.1) is 11.3 Å². The minimum absolute atomic E-state index is 0.0566. The number of methoxy groups -OCH3 is 2. The van der Waals surface area contributed by atoms with Gasteiger partial charge >= 0.3 is 0 Å². The Morgan fingerprint density at radius 2 is 2.12 bits per heavy atom. The molecule has 0 radical (unpaired) electrons. The first-order valence-corrected chi connectivity index (χ1v) is 10.4. The normalized spacial score (nSPS) is 26.6. The molecule has 3 heterocycles. The maximum absolute atomic E-state index is 12.8. The Morgan fingerprint density at radius 3 is 2.69 bits per heavy atom. The Hall–Kier alpha value is -1.71. The minimum atomic E-state index is -3.26. The van der Waals surface area contributed by atoms with Crippen LogP contribution in [0.15, 0.2) is 18.3 Å². The lowest BCUT2D eigenvalue weighted by atomic mass is 9.73. The first-order valence-electron chi connectivity index (χ1n) is 8.52. The summed E-state index contributed by atoms with van der Waals surface area (Å²) in [5.41, 5.74) is 0.273. The number of nitrogens with zero attached hydrogens (tertiary/aromatic N) is 3. The number of pyridine rings is 1. The number of aromatic nitrogens is 1. The molecule has 2 fully saturated rings. The maximum atomic E-state index is 12.8. The van der Waals surface area contributed by atoms with Crippen LogP contribution in [0.3, 0.4) is 0 Å². The Labute approximate surface area is 154 Å². The molecule has 2 aliphatic rings. The van der Waals surface area contributed by atoms with E-state index < -0.39 is 10.0 Å². The maximum Gasteiger partial charge on any atom is 0.255 e. The van der Waals surface area contributed by atoms with E-state index in [1.807, 2.05) is 0 Å². The van der Waals surface area contributed by atoms with E-state index in [-0.39, 0.29) is 17.2 Å². The summed E-state index contributed by atoms with van der Waals surface area (Å²) in [4.78, 5) is 18.7. The molecule has 0 bridgehead atoms. The highest BCUT2D eigenvalue weighted by molar-refractivity contribution is 7.88. The molecule has 26 heavy (non-hydrogen) atoms. The summed E-state index contributed by atoms with van der Waals surface area (Å²) in [5, 5.41) is 0. The van der Waals surface area contributed by atoms with Gasteiger partial charge in [-0.2, -0.15) is 0 Å². The van der Waals surface area contributed by atoms with Crippen LogP contribution >= 0.6 is 0 Å². The molecule has 9 heteroatoms. The fraction of sp³-hybridized carbons (Fsp3) is 0.647. The Kier molecular flexibility index (Phi) is 5.23. The molecule has 0 aromatic carbocycles. The van der Waals surface area contributed by atoms with Crippen molar-refractivity contribution in [2.45, 2.75) is 6.42 Å². The van der Waals surface area contributed by atoms with Crippen LogP contribution in [0.2, 0.25) is 0 Å². The lowest BCUT2D eigenvalue weighted by Gasteiger charge is -2.43. The van der Waals surface area contributed by atoms with Crippen molar-refractivity contribution in [1.82, 2.24) is 14.2 Å². The molecular formula is C17H25N3O5S. The highest BCUT2D eigenvalue weighted by Gasteiger charge is 2.52. The molecule has 2 atom stereocenters. The number of amides is 1. The fourth-order valence-electron chi connectivity index (χ4n) is 4.00. The third kappa shape index (κ3) is 3.56. The highest BCUT2D eigenvalue weighted by Crippen LogP contribution is 2.44. The largest absolute Gasteiger partial charge is 0.481 e. The van der Waals surface area contributed by atoms with Crippen LogP contribution < -0.4 is 4.74 Å². The van der Waals surface area contributed by atoms with E-state index in [9.17, 15) is 13.2 Å². The van der Waals surface area contributed by atoms with E-state index >= 15 is 0 Å². The van der Waals surface area contributed by atoms with Crippen molar-refractivity contribution in [1.29, 1.82) is 0 Å². The number of piperidine rings is 1. The van der Waals surface area contributed by atoms with E-state index in [4.69, 9.17) is 9.47 Å². The van der Waals surface area contributed by atoms with Crippen molar-refractivity contribution >= 4 is 15.9 Å². The van der Waals surface area contributed by atoms with Gasteiger partial charge in [-0.3, -0.25) is 4.79 Å². The second-order valence-corrected chi connectivity index (χ2v) is 9.12. The molecular weight excluding hydrogens is 358 g/mol. The molecule has 1 aromatic heterocycles. The van der Waals surface area contributed by atoms with Crippen LogP contribution in [0.25, 0.3) is 0 Å². The van der Waals surface area contributed by atoms with Gasteiger partial charge in [0.25, 0.3) is 5.91 Å². The van der Waals surface area contributed by atoms with Crippen LogP contribution in [0.4, 0.5) is 0 Å². The highest BCUT2D eigenvalue weighted by atomic mass is 32.2. The predicted octanol–water partition coefficient (Wildman–Crippen LogP) is 0.460. The number of rotatable bonds is 5. The molecule has 2 saturated heterocycles. The van der Waals surface area contributed by atoms with Crippen molar-refractivity contribution in [2.75, 3.05) is 53.3 Å². The molecule has 2 aliphatic heterocycles. The molecule has 0 aliphatic carbocycles. The van der Waals surface area contributed by atoms with Gasteiger partial charge in [-0.1, -0.05) is 0 Å². The molecule has 1 aromatic rings. The van der Waals surface area contributed by atoms with Gasteiger partial charge < -0.3 is 14.4 Å². The Morgan fingerprint density at radius 1 is 1.35 bits per heavy atom. The van der Waals surface area contributed by atoms with Gasteiger partial charge in [0.1, 0.15) is 0 Å². The average molecular weight is 383 g/mol. The summed E-state index contributed by atoms with van der Waals surface area (Å²) in [5.74, 6) is 0.420. The molecule has 144 valence electrons. The summed E-state index contributed by atoms with van der Waals surface area (Å²) >= 11 is 0. The molecule has 0 spiro atoms. The average Bonchev–Trinajstić information content (AvgIpc) is 3.00. The molecule has 0 N–H and O–H groups in total.